The molecular weight excluding hydrogens is 246 g/mol. The molecule has 3 heteroatoms. The monoisotopic (exact) mass is 257 g/mol. The number of halogens is 1. The van der Waals surface area contributed by atoms with E-state index in [-0.39, 0.29) is 5.92 Å². The fourth-order valence-electron chi connectivity index (χ4n) is 2.66. The number of hydrogen-bond acceptors (Lipinski definition) is 1. The van der Waals surface area contributed by atoms with Crippen LogP contribution in [-0.2, 0) is 0 Å². The molecule has 2 aromatic rings. The maximum atomic E-state index is 10.9. The molecule has 1 N–H and O–H groups in total. The van der Waals surface area contributed by atoms with Gasteiger partial charge in [-0.1, -0.05) is 48.5 Å². The Morgan fingerprint density at radius 1 is 1.00 bits per heavy atom. The minimum atomic E-state index is -0.503. The maximum Gasteiger partial charge on any atom is 0.313 e. The van der Waals surface area contributed by atoms with Crippen LogP contribution in [0.4, 0.5) is 4.79 Å². The van der Waals surface area contributed by atoms with Crippen LogP contribution in [0.5, 0.6) is 0 Å². The third-order valence-corrected chi connectivity index (χ3v) is 3.54. The molecule has 0 radical (unpaired) electrons. The van der Waals surface area contributed by atoms with Gasteiger partial charge in [0.05, 0.1) is 0 Å². The number of hydrogen-bond donors (Lipinski definition) is 1. The van der Waals surface area contributed by atoms with E-state index in [1.807, 2.05) is 24.3 Å². The highest BCUT2D eigenvalue weighted by Crippen LogP contribution is 2.43. The Balaban J connectivity index is 2.06. The number of nitrogens with one attached hydrogen (secondary N) is 1. The molecule has 0 aromatic heterocycles. The third kappa shape index (κ3) is 1.79. The number of carbonyl (C=O) groups is 1. The standard InChI is InChI=1S/C15H12ClNO/c16-15(18)17-9-14-12-7-3-1-5-10(12)11-6-2-4-8-13(11)14/h1-8,14H,9H2,(H,17,18). The van der Waals surface area contributed by atoms with E-state index in [4.69, 9.17) is 11.6 Å². The van der Waals surface area contributed by atoms with Gasteiger partial charge in [-0.3, -0.25) is 4.79 Å². The van der Waals surface area contributed by atoms with Crippen LogP contribution >= 0.6 is 11.6 Å². The lowest BCUT2D eigenvalue weighted by molar-refractivity contribution is 0.259. The largest absolute Gasteiger partial charge is 0.342 e. The second-order valence-electron chi connectivity index (χ2n) is 4.38. The van der Waals surface area contributed by atoms with E-state index < -0.39 is 5.37 Å². The van der Waals surface area contributed by atoms with Crippen LogP contribution < -0.4 is 5.32 Å². The van der Waals surface area contributed by atoms with E-state index >= 15 is 0 Å². The second kappa shape index (κ2) is 4.46. The lowest BCUT2D eigenvalue weighted by Gasteiger charge is -2.13. The van der Waals surface area contributed by atoms with E-state index in [1.54, 1.807) is 0 Å². The quantitative estimate of drug-likeness (QED) is 0.644. The molecule has 90 valence electrons. The molecule has 0 bridgehead atoms. The Kier molecular flexibility index (Phi) is 2.80. The zero-order chi connectivity index (χ0) is 12.5. The predicted molar refractivity (Wildman–Crippen MR) is 73.0 cm³/mol. The van der Waals surface area contributed by atoms with Crippen molar-refractivity contribution in [1.82, 2.24) is 5.32 Å². The Hall–Kier alpha value is -1.80. The van der Waals surface area contributed by atoms with Crippen molar-refractivity contribution >= 4 is 17.0 Å². The zero-order valence-corrected chi connectivity index (χ0v) is 10.4. The Morgan fingerprint density at radius 3 is 2.00 bits per heavy atom. The lowest BCUT2D eigenvalue weighted by atomic mass is 9.97. The van der Waals surface area contributed by atoms with Crippen molar-refractivity contribution in [3.8, 4) is 11.1 Å². The van der Waals surface area contributed by atoms with Crippen LogP contribution in [0.3, 0.4) is 0 Å². The summed E-state index contributed by atoms with van der Waals surface area (Å²) < 4.78 is 0. The predicted octanol–water partition coefficient (Wildman–Crippen LogP) is 3.75. The number of fused-ring (bicyclic) bond motifs is 3. The molecule has 1 aliphatic carbocycles. The van der Waals surface area contributed by atoms with E-state index in [0.717, 1.165) is 0 Å². The second-order valence-corrected chi connectivity index (χ2v) is 4.72. The normalized spacial score (nSPS) is 12.9. The van der Waals surface area contributed by atoms with Gasteiger partial charge >= 0.3 is 5.37 Å². The first-order chi connectivity index (χ1) is 8.77. The molecule has 0 unspecified atom stereocenters. The first-order valence-electron chi connectivity index (χ1n) is 5.89. The highest BCUT2D eigenvalue weighted by molar-refractivity contribution is 6.62. The summed E-state index contributed by atoms with van der Waals surface area (Å²) in [5, 5.41) is 2.19. The summed E-state index contributed by atoms with van der Waals surface area (Å²) in [5.41, 5.74) is 5.01. The van der Waals surface area contributed by atoms with Crippen molar-refractivity contribution in [3.63, 3.8) is 0 Å². The van der Waals surface area contributed by atoms with Crippen LogP contribution in [-0.4, -0.2) is 11.9 Å². The van der Waals surface area contributed by atoms with Gasteiger partial charge < -0.3 is 5.32 Å². The van der Waals surface area contributed by atoms with Gasteiger partial charge in [-0.15, -0.1) is 0 Å². The molecular formula is C15H12ClNO. The first-order valence-corrected chi connectivity index (χ1v) is 6.26. The summed E-state index contributed by atoms with van der Waals surface area (Å²) >= 11 is 5.36. The highest BCUT2D eigenvalue weighted by Gasteiger charge is 2.27. The lowest BCUT2D eigenvalue weighted by Crippen LogP contribution is -2.23. The molecule has 1 aliphatic rings. The van der Waals surface area contributed by atoms with Gasteiger partial charge in [-0.2, -0.15) is 0 Å². The summed E-state index contributed by atoms with van der Waals surface area (Å²) in [5.74, 6) is 0.195. The van der Waals surface area contributed by atoms with E-state index in [1.165, 1.54) is 22.3 Å². The molecule has 0 saturated heterocycles. The van der Waals surface area contributed by atoms with Crippen molar-refractivity contribution in [2.24, 2.45) is 0 Å². The van der Waals surface area contributed by atoms with Gasteiger partial charge in [-0.05, 0) is 33.9 Å². The molecule has 0 aliphatic heterocycles. The molecule has 2 nitrogen and oxygen atoms in total. The summed E-state index contributed by atoms with van der Waals surface area (Å²) in [6, 6.07) is 16.6. The summed E-state index contributed by atoms with van der Waals surface area (Å²) in [7, 11) is 0. The van der Waals surface area contributed by atoms with Crippen LogP contribution in [0.25, 0.3) is 11.1 Å². The molecule has 3 rings (SSSR count). The maximum absolute atomic E-state index is 10.9. The van der Waals surface area contributed by atoms with E-state index in [9.17, 15) is 4.79 Å². The SMILES string of the molecule is O=C(Cl)NCC1c2ccccc2-c2ccccc21. The minimum absolute atomic E-state index is 0.195. The minimum Gasteiger partial charge on any atom is -0.342 e. The Labute approximate surface area is 111 Å². The fraction of sp³-hybridized carbons (Fsp3) is 0.133. The van der Waals surface area contributed by atoms with Crippen LogP contribution in [0.1, 0.15) is 17.0 Å². The molecule has 0 atom stereocenters. The molecule has 18 heavy (non-hydrogen) atoms. The molecule has 2 aromatic carbocycles. The fourth-order valence-corrected chi connectivity index (χ4v) is 2.74. The van der Waals surface area contributed by atoms with Crippen LogP contribution in [0.2, 0.25) is 0 Å². The van der Waals surface area contributed by atoms with Gasteiger partial charge in [0, 0.05) is 12.5 Å². The number of benzene rings is 2. The molecule has 1 amide bonds. The van der Waals surface area contributed by atoms with E-state index in [0.29, 0.717) is 6.54 Å². The van der Waals surface area contributed by atoms with Crippen LogP contribution in [0, 0.1) is 0 Å². The molecule has 0 fully saturated rings. The first kappa shape index (κ1) is 11.3. The smallest absolute Gasteiger partial charge is 0.313 e. The van der Waals surface area contributed by atoms with Crippen molar-refractivity contribution in [2.75, 3.05) is 6.54 Å². The topological polar surface area (TPSA) is 29.1 Å². The number of amides is 1. The zero-order valence-electron chi connectivity index (χ0n) is 9.69. The molecule has 0 spiro atoms. The van der Waals surface area contributed by atoms with Crippen molar-refractivity contribution in [1.29, 1.82) is 0 Å². The van der Waals surface area contributed by atoms with Gasteiger partial charge in [0.25, 0.3) is 0 Å². The summed E-state index contributed by atoms with van der Waals surface area (Å²) in [6.07, 6.45) is 0. The summed E-state index contributed by atoms with van der Waals surface area (Å²) in [6.45, 7) is 0.538. The number of carbonyl (C=O) groups excluding carboxylic acids is 1. The Bertz CT molecular complexity index is 563. The Morgan fingerprint density at radius 2 is 1.50 bits per heavy atom. The van der Waals surface area contributed by atoms with E-state index in [2.05, 4.69) is 29.6 Å². The average Bonchev–Trinajstić information content (AvgIpc) is 2.71. The van der Waals surface area contributed by atoms with Crippen molar-refractivity contribution in [3.05, 3.63) is 59.7 Å². The van der Waals surface area contributed by atoms with Crippen molar-refractivity contribution in [2.45, 2.75) is 5.92 Å². The average molecular weight is 258 g/mol. The highest BCUT2D eigenvalue weighted by atomic mass is 35.5. The number of rotatable bonds is 2. The van der Waals surface area contributed by atoms with Crippen molar-refractivity contribution < 1.29 is 4.79 Å². The molecule has 0 saturated carbocycles. The van der Waals surface area contributed by atoms with Gasteiger partial charge in [0.1, 0.15) is 0 Å². The van der Waals surface area contributed by atoms with Crippen LogP contribution in [0.15, 0.2) is 48.5 Å². The van der Waals surface area contributed by atoms with Gasteiger partial charge in [-0.25, -0.2) is 0 Å². The summed E-state index contributed by atoms with van der Waals surface area (Å²) in [4.78, 5) is 10.9. The van der Waals surface area contributed by atoms with Gasteiger partial charge in [0.2, 0.25) is 0 Å². The third-order valence-electron chi connectivity index (χ3n) is 3.41. The van der Waals surface area contributed by atoms with Gasteiger partial charge in [0.15, 0.2) is 0 Å². The molecule has 0 heterocycles.